The summed E-state index contributed by atoms with van der Waals surface area (Å²) in [5.41, 5.74) is -0.448. The fraction of sp³-hybridized carbons (Fsp3) is 0.222. The Kier molecular flexibility index (Phi) is 9.69. The van der Waals surface area contributed by atoms with Crippen molar-refractivity contribution in [3.05, 3.63) is 78.4 Å². The molecule has 8 nitrogen and oxygen atoms in total. The minimum absolute atomic E-state index is 0.0327. The molecule has 0 heterocycles. The van der Waals surface area contributed by atoms with Crippen molar-refractivity contribution in [3.63, 3.8) is 0 Å². The second kappa shape index (κ2) is 13.1. The minimum atomic E-state index is -4.55. The first-order valence-electron chi connectivity index (χ1n) is 11.5. The van der Waals surface area contributed by atoms with Gasteiger partial charge in [0.1, 0.15) is 5.75 Å². The molecule has 11 heteroatoms. The number of carbonyl (C=O) groups excluding carboxylic acids is 3. The molecule has 0 aliphatic heterocycles. The second-order valence-electron chi connectivity index (χ2n) is 7.97. The van der Waals surface area contributed by atoms with Crippen LogP contribution in [0.3, 0.4) is 0 Å². The third-order valence-electron chi connectivity index (χ3n) is 5.06. The highest BCUT2D eigenvalue weighted by molar-refractivity contribution is 5.93. The summed E-state index contributed by atoms with van der Waals surface area (Å²) < 4.78 is 54.1. The molecule has 0 saturated heterocycles. The molecule has 3 aromatic rings. The Morgan fingerprint density at radius 2 is 1.47 bits per heavy atom. The van der Waals surface area contributed by atoms with E-state index in [1.807, 2.05) is 12.1 Å². The number of hydrogen-bond donors (Lipinski definition) is 2. The van der Waals surface area contributed by atoms with Crippen molar-refractivity contribution >= 4 is 29.2 Å². The van der Waals surface area contributed by atoms with Crippen LogP contribution in [0.1, 0.15) is 24.8 Å². The first-order chi connectivity index (χ1) is 18.1. The average molecular weight is 530 g/mol. The van der Waals surface area contributed by atoms with Crippen LogP contribution >= 0.6 is 0 Å². The number of carbonyl (C=O) groups is 3. The predicted octanol–water partition coefficient (Wildman–Crippen LogP) is 5.80. The van der Waals surface area contributed by atoms with Gasteiger partial charge in [0, 0.05) is 24.2 Å². The summed E-state index contributed by atoms with van der Waals surface area (Å²) in [5, 5.41) is 4.95. The number of hydrogen-bond acceptors (Lipinski definition) is 6. The van der Waals surface area contributed by atoms with Gasteiger partial charge in [0.15, 0.2) is 18.1 Å². The first-order valence-corrected chi connectivity index (χ1v) is 11.5. The zero-order valence-electron chi connectivity index (χ0n) is 20.3. The van der Waals surface area contributed by atoms with E-state index in [0.29, 0.717) is 22.9 Å². The van der Waals surface area contributed by atoms with E-state index in [4.69, 9.17) is 14.2 Å². The van der Waals surface area contributed by atoms with Gasteiger partial charge in [-0.1, -0.05) is 18.2 Å². The van der Waals surface area contributed by atoms with Crippen LogP contribution < -0.4 is 20.1 Å². The molecule has 0 unspecified atom stereocenters. The smallest absolute Gasteiger partial charge is 0.416 e. The molecule has 2 N–H and O–H groups in total. The number of halogens is 3. The van der Waals surface area contributed by atoms with Crippen molar-refractivity contribution in [3.8, 4) is 17.2 Å². The maximum absolute atomic E-state index is 12.8. The summed E-state index contributed by atoms with van der Waals surface area (Å²) in [7, 11) is 1.54. The van der Waals surface area contributed by atoms with Crippen molar-refractivity contribution in [1.29, 1.82) is 0 Å². The van der Waals surface area contributed by atoms with Crippen molar-refractivity contribution in [2.24, 2.45) is 0 Å². The number of esters is 1. The largest absolute Gasteiger partial charge is 0.493 e. The molecule has 0 fully saturated rings. The van der Waals surface area contributed by atoms with Crippen molar-refractivity contribution in [2.45, 2.75) is 25.4 Å². The van der Waals surface area contributed by atoms with Gasteiger partial charge in [-0.2, -0.15) is 13.2 Å². The van der Waals surface area contributed by atoms with Gasteiger partial charge in [0.2, 0.25) is 5.91 Å². The number of benzene rings is 3. The Morgan fingerprint density at radius 1 is 0.789 bits per heavy atom. The van der Waals surface area contributed by atoms with Gasteiger partial charge in [0.25, 0.3) is 5.91 Å². The third kappa shape index (κ3) is 8.84. The van der Waals surface area contributed by atoms with E-state index in [1.54, 1.807) is 43.5 Å². The van der Waals surface area contributed by atoms with Gasteiger partial charge in [0.05, 0.1) is 12.7 Å². The number of amides is 2. The minimum Gasteiger partial charge on any atom is -0.493 e. The maximum Gasteiger partial charge on any atom is 0.416 e. The highest BCUT2D eigenvalue weighted by atomic mass is 19.4. The molecule has 0 spiro atoms. The summed E-state index contributed by atoms with van der Waals surface area (Å²) in [4.78, 5) is 35.9. The van der Waals surface area contributed by atoms with Crippen LogP contribution in [0.4, 0.5) is 24.5 Å². The van der Waals surface area contributed by atoms with Gasteiger partial charge >= 0.3 is 12.1 Å². The van der Waals surface area contributed by atoms with E-state index in [0.717, 1.165) is 18.2 Å². The zero-order chi connectivity index (χ0) is 27.5. The van der Waals surface area contributed by atoms with Crippen LogP contribution in [0, 0.1) is 0 Å². The molecule has 0 atom stereocenters. The zero-order valence-corrected chi connectivity index (χ0v) is 20.3. The monoisotopic (exact) mass is 530 g/mol. The summed E-state index contributed by atoms with van der Waals surface area (Å²) >= 11 is 0. The standard InChI is InChI=1S/C27H25F3N2O6/c1-36-22-8-2-3-9-23(22)38-21-14-12-19(13-15-21)31-24(33)10-5-11-26(35)37-17-25(34)32-20-7-4-6-18(16-20)27(28,29)30/h2-4,6-9,12-16H,5,10-11,17H2,1H3,(H,31,33)(H,32,34). The van der Waals surface area contributed by atoms with Gasteiger partial charge in [-0.05, 0) is 61.0 Å². The van der Waals surface area contributed by atoms with Crippen LogP contribution in [-0.2, 0) is 25.3 Å². The predicted molar refractivity (Wildman–Crippen MR) is 133 cm³/mol. The lowest BCUT2D eigenvalue weighted by Gasteiger charge is -2.11. The average Bonchev–Trinajstić information content (AvgIpc) is 2.88. The molecule has 38 heavy (non-hydrogen) atoms. The number of nitrogens with one attached hydrogen (secondary N) is 2. The molecule has 200 valence electrons. The Balaban J connectivity index is 1.35. The lowest BCUT2D eigenvalue weighted by molar-refractivity contribution is -0.147. The van der Waals surface area contributed by atoms with Crippen molar-refractivity contribution in [2.75, 3.05) is 24.4 Å². The number of anilines is 2. The fourth-order valence-corrected chi connectivity index (χ4v) is 3.24. The Bertz CT molecular complexity index is 1260. The molecule has 0 aliphatic carbocycles. The first kappa shape index (κ1) is 28.0. The van der Waals surface area contributed by atoms with E-state index in [1.165, 1.54) is 6.07 Å². The number of alkyl halides is 3. The van der Waals surface area contributed by atoms with Crippen LogP contribution in [0.15, 0.2) is 72.8 Å². The summed E-state index contributed by atoms with van der Waals surface area (Å²) in [6, 6.07) is 18.0. The van der Waals surface area contributed by atoms with E-state index in [-0.39, 0.29) is 30.9 Å². The molecular weight excluding hydrogens is 505 g/mol. The fourth-order valence-electron chi connectivity index (χ4n) is 3.24. The molecule has 0 bridgehead atoms. The lowest BCUT2D eigenvalue weighted by Crippen LogP contribution is -2.21. The Morgan fingerprint density at radius 3 is 2.16 bits per heavy atom. The van der Waals surface area contributed by atoms with Crippen molar-refractivity contribution < 1.29 is 41.8 Å². The van der Waals surface area contributed by atoms with E-state index in [2.05, 4.69) is 10.6 Å². The SMILES string of the molecule is COc1ccccc1Oc1ccc(NC(=O)CCCC(=O)OCC(=O)Nc2cccc(C(F)(F)F)c2)cc1. The van der Waals surface area contributed by atoms with Gasteiger partial charge < -0.3 is 24.8 Å². The van der Waals surface area contributed by atoms with Crippen LogP contribution in [-0.4, -0.2) is 31.5 Å². The third-order valence-corrected chi connectivity index (χ3v) is 5.06. The van der Waals surface area contributed by atoms with E-state index >= 15 is 0 Å². The highest BCUT2D eigenvalue weighted by Gasteiger charge is 2.30. The quantitative estimate of drug-likeness (QED) is 0.304. The van der Waals surface area contributed by atoms with Crippen molar-refractivity contribution in [1.82, 2.24) is 0 Å². The number of rotatable bonds is 11. The second-order valence-corrected chi connectivity index (χ2v) is 7.97. The molecule has 3 rings (SSSR count). The number of methoxy groups -OCH3 is 1. The molecule has 0 aromatic heterocycles. The number of ether oxygens (including phenoxy) is 3. The normalized spacial score (nSPS) is 10.8. The molecule has 0 aliphatic rings. The highest BCUT2D eigenvalue weighted by Crippen LogP contribution is 2.32. The molecule has 0 saturated carbocycles. The summed E-state index contributed by atoms with van der Waals surface area (Å²) in [5.74, 6) is -0.138. The summed E-state index contributed by atoms with van der Waals surface area (Å²) in [6.07, 6.45) is -4.45. The topological polar surface area (TPSA) is 103 Å². The van der Waals surface area contributed by atoms with Crippen LogP contribution in [0.2, 0.25) is 0 Å². The molecule has 0 radical (unpaired) electrons. The van der Waals surface area contributed by atoms with Gasteiger partial charge in [-0.25, -0.2) is 0 Å². The van der Waals surface area contributed by atoms with Crippen LogP contribution in [0.5, 0.6) is 17.2 Å². The molecule has 2 amide bonds. The lowest BCUT2D eigenvalue weighted by atomic mass is 10.2. The van der Waals surface area contributed by atoms with E-state index < -0.39 is 30.2 Å². The summed E-state index contributed by atoms with van der Waals surface area (Å²) in [6.45, 7) is -0.662. The molecule has 3 aromatic carbocycles. The maximum atomic E-state index is 12.8. The number of para-hydroxylation sites is 2. The molecular formula is C27H25F3N2O6. The van der Waals surface area contributed by atoms with E-state index in [9.17, 15) is 27.6 Å². The van der Waals surface area contributed by atoms with Gasteiger partial charge in [-0.15, -0.1) is 0 Å². The van der Waals surface area contributed by atoms with Gasteiger partial charge in [-0.3, -0.25) is 14.4 Å². The van der Waals surface area contributed by atoms with Crippen LogP contribution in [0.25, 0.3) is 0 Å². The Hall–Kier alpha value is -4.54. The Labute approximate surface area is 216 Å².